The number of amides is 2. The molecule has 2 aliphatic rings. The lowest BCUT2D eigenvalue weighted by atomic mass is 10.2. The van der Waals surface area contributed by atoms with Gasteiger partial charge >= 0.3 is 0 Å². The van der Waals surface area contributed by atoms with E-state index in [-0.39, 0.29) is 24.3 Å². The van der Waals surface area contributed by atoms with Gasteiger partial charge in [-0.3, -0.25) is 9.59 Å². The van der Waals surface area contributed by atoms with Crippen LogP contribution in [0.5, 0.6) is 0 Å². The fraction of sp³-hybridized carbons (Fsp3) is 0.429. The van der Waals surface area contributed by atoms with Crippen molar-refractivity contribution in [3.05, 3.63) is 29.8 Å². The normalized spacial score (nSPS) is 23.8. The van der Waals surface area contributed by atoms with E-state index in [1.54, 1.807) is 0 Å². The molecule has 1 N–H and O–H groups in total. The quantitative estimate of drug-likeness (QED) is 0.817. The van der Waals surface area contributed by atoms with E-state index in [2.05, 4.69) is 5.32 Å². The van der Waals surface area contributed by atoms with Crippen molar-refractivity contribution < 1.29 is 9.59 Å². The van der Waals surface area contributed by atoms with E-state index in [1.165, 1.54) is 4.90 Å². The van der Waals surface area contributed by atoms with E-state index in [9.17, 15) is 9.59 Å². The van der Waals surface area contributed by atoms with Crippen LogP contribution in [0.15, 0.2) is 24.3 Å². The summed E-state index contributed by atoms with van der Waals surface area (Å²) in [5.74, 6) is -0.224. The fourth-order valence-corrected chi connectivity index (χ4v) is 2.26. The highest BCUT2D eigenvalue weighted by Crippen LogP contribution is 2.26. The number of rotatable bonds is 3. The maximum absolute atomic E-state index is 12.2. The van der Waals surface area contributed by atoms with Crippen molar-refractivity contribution in [1.29, 1.82) is 0 Å². The molecule has 3 rings (SSSR count). The predicted molar refractivity (Wildman–Crippen MR) is 68.2 cm³/mol. The Morgan fingerprint density at radius 2 is 1.83 bits per heavy atom. The summed E-state index contributed by atoms with van der Waals surface area (Å²) in [7, 11) is 0. The van der Waals surface area contributed by atoms with Gasteiger partial charge in [0.25, 0.3) is 5.91 Å². The van der Waals surface area contributed by atoms with E-state index in [0.29, 0.717) is 11.7 Å². The smallest absolute Gasteiger partial charge is 0.251 e. The summed E-state index contributed by atoms with van der Waals surface area (Å²) in [5, 5.41) is 3.23. The molecular weight excluding hydrogens is 228 g/mol. The van der Waals surface area contributed by atoms with E-state index >= 15 is 0 Å². The molecule has 1 aliphatic heterocycles. The lowest BCUT2D eigenvalue weighted by Crippen LogP contribution is -2.39. The number of aryl methyl sites for hydroxylation is 1. The predicted octanol–water partition coefficient (Wildman–Crippen LogP) is 1.38. The molecule has 1 unspecified atom stereocenters. The number of anilines is 1. The van der Waals surface area contributed by atoms with Gasteiger partial charge in [0.05, 0.1) is 18.2 Å². The van der Waals surface area contributed by atoms with Gasteiger partial charge < -0.3 is 5.32 Å². The van der Waals surface area contributed by atoms with Crippen LogP contribution in [0.4, 0.5) is 5.69 Å². The second kappa shape index (κ2) is 4.21. The molecule has 2 amide bonds. The Bertz CT molecular complexity index is 491. The molecule has 0 aromatic heterocycles. The van der Waals surface area contributed by atoms with Crippen molar-refractivity contribution in [1.82, 2.24) is 5.32 Å². The second-order valence-electron chi connectivity index (χ2n) is 5.10. The van der Waals surface area contributed by atoms with Crippen LogP contribution in [0, 0.1) is 6.92 Å². The first-order valence-electron chi connectivity index (χ1n) is 6.34. The highest BCUT2D eigenvalue weighted by molar-refractivity contribution is 6.22. The van der Waals surface area contributed by atoms with Gasteiger partial charge in [-0.1, -0.05) is 17.7 Å². The molecule has 1 heterocycles. The van der Waals surface area contributed by atoms with E-state index < -0.39 is 0 Å². The topological polar surface area (TPSA) is 49.4 Å². The Morgan fingerprint density at radius 3 is 2.44 bits per heavy atom. The zero-order valence-corrected chi connectivity index (χ0v) is 10.3. The Balaban J connectivity index is 1.80. The summed E-state index contributed by atoms with van der Waals surface area (Å²) in [5.41, 5.74) is 1.79. The van der Waals surface area contributed by atoms with Gasteiger partial charge in [0.15, 0.2) is 0 Å². The molecular formula is C14H16N2O2. The summed E-state index contributed by atoms with van der Waals surface area (Å²) in [4.78, 5) is 25.5. The summed E-state index contributed by atoms with van der Waals surface area (Å²) in [6, 6.07) is 7.58. The van der Waals surface area contributed by atoms with Crippen molar-refractivity contribution in [3.63, 3.8) is 0 Å². The number of benzene rings is 1. The number of nitrogens with one attached hydrogen (secondary N) is 1. The van der Waals surface area contributed by atoms with Gasteiger partial charge in [0, 0.05) is 6.04 Å². The second-order valence-corrected chi connectivity index (χ2v) is 5.10. The molecule has 18 heavy (non-hydrogen) atoms. The third-order valence-corrected chi connectivity index (χ3v) is 3.45. The minimum absolute atomic E-state index is 0.109. The molecule has 1 aromatic rings. The zero-order valence-electron chi connectivity index (χ0n) is 10.3. The van der Waals surface area contributed by atoms with Crippen molar-refractivity contribution in [2.75, 3.05) is 4.90 Å². The Morgan fingerprint density at radius 1 is 1.17 bits per heavy atom. The molecule has 1 aliphatic carbocycles. The van der Waals surface area contributed by atoms with Crippen LogP contribution in [0.25, 0.3) is 0 Å². The van der Waals surface area contributed by atoms with Gasteiger partial charge in [-0.05, 0) is 31.9 Å². The maximum Gasteiger partial charge on any atom is 0.251 e. The largest absolute Gasteiger partial charge is 0.303 e. The van der Waals surface area contributed by atoms with Gasteiger partial charge in [0.2, 0.25) is 5.91 Å². The Labute approximate surface area is 106 Å². The molecule has 0 radical (unpaired) electrons. The minimum Gasteiger partial charge on any atom is -0.303 e. The van der Waals surface area contributed by atoms with Crippen molar-refractivity contribution in [3.8, 4) is 0 Å². The monoisotopic (exact) mass is 244 g/mol. The van der Waals surface area contributed by atoms with Gasteiger partial charge in [-0.2, -0.15) is 0 Å². The van der Waals surface area contributed by atoms with Crippen LogP contribution in [0.3, 0.4) is 0 Å². The van der Waals surface area contributed by atoms with Gasteiger partial charge in [-0.25, -0.2) is 4.90 Å². The first-order chi connectivity index (χ1) is 8.65. The Kier molecular flexibility index (Phi) is 2.67. The Hall–Kier alpha value is -1.68. The molecule has 1 aromatic carbocycles. The van der Waals surface area contributed by atoms with Crippen LogP contribution in [0.1, 0.15) is 24.8 Å². The van der Waals surface area contributed by atoms with Crippen molar-refractivity contribution >= 4 is 17.5 Å². The number of carbonyl (C=O) groups excluding carboxylic acids is 2. The average molecular weight is 244 g/mol. The zero-order chi connectivity index (χ0) is 12.7. The lowest BCUT2D eigenvalue weighted by Gasteiger charge is -2.15. The molecule has 2 fully saturated rings. The van der Waals surface area contributed by atoms with Crippen LogP contribution < -0.4 is 10.2 Å². The van der Waals surface area contributed by atoms with Gasteiger partial charge in [0.1, 0.15) is 0 Å². The molecule has 0 spiro atoms. The molecule has 1 saturated heterocycles. The van der Waals surface area contributed by atoms with Crippen LogP contribution >= 0.6 is 0 Å². The number of nitrogens with zero attached hydrogens (tertiary/aromatic N) is 1. The first-order valence-corrected chi connectivity index (χ1v) is 6.34. The first kappa shape index (κ1) is 11.4. The average Bonchev–Trinajstić information content (AvgIpc) is 3.10. The summed E-state index contributed by atoms with van der Waals surface area (Å²) in [6.07, 6.45) is 2.51. The van der Waals surface area contributed by atoms with E-state index in [1.807, 2.05) is 31.2 Å². The van der Waals surface area contributed by atoms with E-state index in [4.69, 9.17) is 0 Å². The number of carbonyl (C=O) groups is 2. The third-order valence-electron chi connectivity index (χ3n) is 3.45. The van der Waals surface area contributed by atoms with Crippen molar-refractivity contribution in [2.24, 2.45) is 0 Å². The van der Waals surface area contributed by atoms with Crippen molar-refractivity contribution in [2.45, 2.75) is 38.3 Å². The maximum atomic E-state index is 12.2. The standard InChI is InChI=1S/C14H16N2O2/c1-9-2-6-11(7-3-9)16-13(17)8-12(14(16)18)15-10-4-5-10/h2-3,6-7,10,12,15H,4-5,8H2,1H3. The van der Waals surface area contributed by atoms with Crippen LogP contribution in [-0.2, 0) is 9.59 Å². The molecule has 4 nitrogen and oxygen atoms in total. The van der Waals surface area contributed by atoms with Gasteiger partial charge in [-0.15, -0.1) is 0 Å². The molecule has 1 saturated carbocycles. The lowest BCUT2D eigenvalue weighted by molar-refractivity contribution is -0.121. The number of hydrogen-bond acceptors (Lipinski definition) is 3. The van der Waals surface area contributed by atoms with E-state index in [0.717, 1.165) is 18.4 Å². The summed E-state index contributed by atoms with van der Waals surface area (Å²) in [6.45, 7) is 1.98. The van der Waals surface area contributed by atoms with Crippen LogP contribution in [0.2, 0.25) is 0 Å². The third kappa shape index (κ3) is 2.04. The molecule has 4 heteroatoms. The minimum atomic E-state index is -0.327. The fourth-order valence-electron chi connectivity index (χ4n) is 2.26. The SMILES string of the molecule is Cc1ccc(N2C(=O)CC(NC3CC3)C2=O)cc1. The number of hydrogen-bond donors (Lipinski definition) is 1. The molecule has 0 bridgehead atoms. The van der Waals surface area contributed by atoms with Crippen LogP contribution in [-0.4, -0.2) is 23.9 Å². The number of imide groups is 1. The summed E-state index contributed by atoms with van der Waals surface area (Å²) >= 11 is 0. The molecule has 94 valence electrons. The molecule has 1 atom stereocenters. The highest BCUT2D eigenvalue weighted by atomic mass is 16.2. The summed E-state index contributed by atoms with van der Waals surface area (Å²) < 4.78 is 0. The highest BCUT2D eigenvalue weighted by Gasteiger charge is 2.41.